The smallest absolute Gasteiger partial charge is 0.230 e. The Hall–Kier alpha value is -2.28. The van der Waals surface area contributed by atoms with Gasteiger partial charge in [-0.25, -0.2) is 4.98 Å². The number of nitrogens with zero attached hydrogens (tertiary/aromatic N) is 5. The maximum Gasteiger partial charge on any atom is 0.230 e. The van der Waals surface area contributed by atoms with Crippen LogP contribution in [0.4, 0.5) is 5.82 Å². The van der Waals surface area contributed by atoms with Crippen molar-refractivity contribution >= 4 is 21.7 Å². The molecule has 122 valence electrons. The molecule has 0 amide bonds. The fourth-order valence-corrected chi connectivity index (χ4v) is 3.15. The molecule has 0 saturated carbocycles. The minimum absolute atomic E-state index is 0.293. The van der Waals surface area contributed by atoms with Crippen molar-refractivity contribution in [1.29, 1.82) is 0 Å². The molecule has 0 aliphatic carbocycles. The molecule has 6 nitrogen and oxygen atoms in total. The van der Waals surface area contributed by atoms with Crippen LogP contribution in [-0.4, -0.2) is 33.2 Å². The zero-order chi connectivity index (χ0) is 16.4. The minimum atomic E-state index is 0.293. The average molecular weight is 386 g/mol. The van der Waals surface area contributed by atoms with E-state index in [1.807, 2.05) is 36.5 Å². The van der Waals surface area contributed by atoms with E-state index in [-0.39, 0.29) is 0 Å². The van der Waals surface area contributed by atoms with Crippen LogP contribution in [0, 0.1) is 0 Å². The topological polar surface area (TPSA) is 67.9 Å². The summed E-state index contributed by atoms with van der Waals surface area (Å²) in [5.41, 5.74) is 0.740. The van der Waals surface area contributed by atoms with Crippen molar-refractivity contribution < 1.29 is 4.52 Å². The Morgan fingerprint density at radius 2 is 1.96 bits per heavy atom. The van der Waals surface area contributed by atoms with Gasteiger partial charge in [0, 0.05) is 35.9 Å². The second kappa shape index (κ2) is 6.68. The van der Waals surface area contributed by atoms with Crippen LogP contribution in [0.1, 0.15) is 24.7 Å². The van der Waals surface area contributed by atoms with Gasteiger partial charge in [0.25, 0.3) is 0 Å². The molecule has 1 fully saturated rings. The van der Waals surface area contributed by atoms with Gasteiger partial charge in [0.05, 0.1) is 0 Å². The molecule has 0 bridgehead atoms. The molecule has 0 aromatic carbocycles. The summed E-state index contributed by atoms with van der Waals surface area (Å²) in [5, 5.41) is 4.07. The number of anilines is 1. The van der Waals surface area contributed by atoms with Crippen LogP contribution in [0.15, 0.2) is 51.7 Å². The first kappa shape index (κ1) is 15.3. The van der Waals surface area contributed by atoms with Crippen LogP contribution in [-0.2, 0) is 0 Å². The van der Waals surface area contributed by atoms with Gasteiger partial charge >= 0.3 is 0 Å². The SMILES string of the molecule is Brc1ccc(N2CCC(c3nc(-c4ccccn4)no3)CC2)nc1. The normalized spacial score (nSPS) is 15.6. The summed E-state index contributed by atoms with van der Waals surface area (Å²) in [5.74, 6) is 2.57. The molecule has 0 atom stereocenters. The highest BCUT2D eigenvalue weighted by Gasteiger charge is 2.26. The highest BCUT2D eigenvalue weighted by atomic mass is 79.9. The lowest BCUT2D eigenvalue weighted by Crippen LogP contribution is -2.33. The molecule has 7 heteroatoms. The number of hydrogen-bond donors (Lipinski definition) is 0. The maximum absolute atomic E-state index is 5.47. The summed E-state index contributed by atoms with van der Waals surface area (Å²) in [6.45, 7) is 1.86. The molecule has 1 aliphatic heterocycles. The van der Waals surface area contributed by atoms with Crippen molar-refractivity contribution in [2.45, 2.75) is 18.8 Å². The largest absolute Gasteiger partial charge is 0.357 e. The van der Waals surface area contributed by atoms with Crippen molar-refractivity contribution in [3.63, 3.8) is 0 Å². The number of rotatable bonds is 3. The van der Waals surface area contributed by atoms with Gasteiger partial charge in [0.15, 0.2) is 0 Å². The van der Waals surface area contributed by atoms with Crippen LogP contribution in [0.5, 0.6) is 0 Å². The number of piperidine rings is 1. The maximum atomic E-state index is 5.47. The van der Waals surface area contributed by atoms with E-state index in [1.165, 1.54) is 0 Å². The highest BCUT2D eigenvalue weighted by Crippen LogP contribution is 2.30. The van der Waals surface area contributed by atoms with Crippen LogP contribution in [0.25, 0.3) is 11.5 Å². The second-order valence-electron chi connectivity index (χ2n) is 5.77. The summed E-state index contributed by atoms with van der Waals surface area (Å²) in [7, 11) is 0. The molecule has 24 heavy (non-hydrogen) atoms. The zero-order valence-corrected chi connectivity index (χ0v) is 14.6. The summed E-state index contributed by atoms with van der Waals surface area (Å²) in [6.07, 6.45) is 5.51. The van der Waals surface area contributed by atoms with Gasteiger partial charge in [-0.3, -0.25) is 4.98 Å². The van der Waals surface area contributed by atoms with Gasteiger partial charge < -0.3 is 9.42 Å². The van der Waals surface area contributed by atoms with Crippen LogP contribution < -0.4 is 4.90 Å². The Bertz CT molecular complexity index is 797. The van der Waals surface area contributed by atoms with E-state index < -0.39 is 0 Å². The van der Waals surface area contributed by atoms with Crippen LogP contribution >= 0.6 is 15.9 Å². The molecule has 1 saturated heterocycles. The molecule has 3 aromatic heterocycles. The molecule has 3 aromatic rings. The Balaban J connectivity index is 1.43. The second-order valence-corrected chi connectivity index (χ2v) is 6.68. The highest BCUT2D eigenvalue weighted by molar-refractivity contribution is 9.10. The molecule has 0 spiro atoms. The summed E-state index contributed by atoms with van der Waals surface area (Å²) in [6, 6.07) is 9.73. The van der Waals surface area contributed by atoms with E-state index in [9.17, 15) is 0 Å². The molecule has 4 rings (SSSR count). The van der Waals surface area contributed by atoms with Gasteiger partial charge in [-0.1, -0.05) is 11.2 Å². The fraction of sp³-hybridized carbons (Fsp3) is 0.294. The fourth-order valence-electron chi connectivity index (χ4n) is 2.91. The predicted octanol–water partition coefficient (Wildman–Crippen LogP) is 3.67. The third kappa shape index (κ3) is 3.17. The number of hydrogen-bond acceptors (Lipinski definition) is 6. The van der Waals surface area contributed by atoms with E-state index in [0.29, 0.717) is 17.6 Å². The molecule has 0 unspecified atom stereocenters. The van der Waals surface area contributed by atoms with Crippen molar-refractivity contribution in [2.24, 2.45) is 0 Å². The van der Waals surface area contributed by atoms with Gasteiger partial charge in [-0.15, -0.1) is 0 Å². The van der Waals surface area contributed by atoms with E-state index >= 15 is 0 Å². The first-order chi connectivity index (χ1) is 11.8. The molecule has 1 aliphatic rings. The summed E-state index contributed by atoms with van der Waals surface area (Å²) < 4.78 is 6.47. The van der Waals surface area contributed by atoms with Crippen LogP contribution in [0.2, 0.25) is 0 Å². The van der Waals surface area contributed by atoms with Gasteiger partial charge in [-0.05, 0) is 53.0 Å². The predicted molar refractivity (Wildman–Crippen MR) is 93.7 cm³/mol. The average Bonchev–Trinajstić information content (AvgIpc) is 3.13. The molecular weight excluding hydrogens is 370 g/mol. The van der Waals surface area contributed by atoms with E-state index in [1.54, 1.807) is 6.20 Å². The molecule has 0 N–H and O–H groups in total. The summed E-state index contributed by atoms with van der Waals surface area (Å²) >= 11 is 3.42. The van der Waals surface area contributed by atoms with Crippen LogP contribution in [0.3, 0.4) is 0 Å². The van der Waals surface area contributed by atoms with Crippen molar-refractivity contribution in [3.05, 3.63) is 53.1 Å². The van der Waals surface area contributed by atoms with Crippen molar-refractivity contribution in [3.8, 4) is 11.5 Å². The van der Waals surface area contributed by atoms with Gasteiger partial charge in [0.2, 0.25) is 11.7 Å². The Labute approximate surface area is 148 Å². The minimum Gasteiger partial charge on any atom is -0.357 e. The van der Waals surface area contributed by atoms with E-state index in [4.69, 9.17) is 4.52 Å². The van der Waals surface area contributed by atoms with E-state index in [0.717, 1.165) is 41.9 Å². The quantitative estimate of drug-likeness (QED) is 0.684. The number of halogens is 1. The Morgan fingerprint density at radius 3 is 2.67 bits per heavy atom. The number of pyridine rings is 2. The lowest BCUT2D eigenvalue weighted by atomic mass is 9.97. The van der Waals surface area contributed by atoms with Gasteiger partial charge in [-0.2, -0.15) is 4.98 Å². The first-order valence-corrected chi connectivity index (χ1v) is 8.70. The van der Waals surface area contributed by atoms with Crippen molar-refractivity contribution in [2.75, 3.05) is 18.0 Å². The third-order valence-electron chi connectivity index (χ3n) is 4.22. The lowest BCUT2D eigenvalue weighted by Gasteiger charge is -2.31. The Kier molecular flexibility index (Phi) is 4.25. The standard InChI is InChI=1S/C17H16BrN5O/c18-13-4-5-15(20-11-13)23-9-6-12(7-10-23)17-21-16(22-24-17)14-3-1-2-8-19-14/h1-5,8,11-12H,6-7,9-10H2. The Morgan fingerprint density at radius 1 is 1.08 bits per heavy atom. The first-order valence-electron chi connectivity index (χ1n) is 7.91. The third-order valence-corrected chi connectivity index (χ3v) is 4.68. The van der Waals surface area contributed by atoms with Crippen molar-refractivity contribution in [1.82, 2.24) is 20.1 Å². The zero-order valence-electron chi connectivity index (χ0n) is 13.0. The molecule has 4 heterocycles. The number of aromatic nitrogens is 4. The van der Waals surface area contributed by atoms with E-state index in [2.05, 4.69) is 40.9 Å². The molecular formula is C17H16BrN5O. The monoisotopic (exact) mass is 385 g/mol. The summed E-state index contributed by atoms with van der Waals surface area (Å²) in [4.78, 5) is 15.5. The lowest BCUT2D eigenvalue weighted by molar-refractivity contribution is 0.329. The molecule has 0 radical (unpaired) electrons. The van der Waals surface area contributed by atoms with Gasteiger partial charge in [0.1, 0.15) is 11.5 Å².